The van der Waals surface area contributed by atoms with Crippen molar-refractivity contribution in [2.24, 2.45) is 0 Å². The van der Waals surface area contributed by atoms with Crippen LogP contribution in [0.5, 0.6) is 5.75 Å². The third kappa shape index (κ3) is 2.33. The van der Waals surface area contributed by atoms with Crippen LogP contribution in [0.2, 0.25) is 0 Å². The lowest BCUT2D eigenvalue weighted by Crippen LogP contribution is -2.12. The van der Waals surface area contributed by atoms with Gasteiger partial charge >= 0.3 is 0 Å². The molecule has 1 aliphatic rings. The minimum absolute atomic E-state index is 0.507. The highest BCUT2D eigenvalue weighted by Gasteiger charge is 2.23. The molecule has 0 bridgehead atoms. The highest BCUT2D eigenvalue weighted by Crippen LogP contribution is 2.40. The standard InChI is InChI=1S/C19H21O/c1-3-14-10-12-15(13-11-14)16-6-4-8-18-17(16)7-5-9-19(18)20-2/h5,7,9-13,16H,1,3-4,6,8H2,2H3. The van der Waals surface area contributed by atoms with Crippen molar-refractivity contribution in [1.29, 1.82) is 0 Å². The number of methoxy groups -OCH3 is 1. The molecule has 0 amide bonds. The largest absolute Gasteiger partial charge is 0.496 e. The van der Waals surface area contributed by atoms with Crippen molar-refractivity contribution >= 4 is 0 Å². The number of ether oxygens (including phenoxy) is 1. The predicted octanol–water partition coefficient (Wildman–Crippen LogP) is 4.54. The fourth-order valence-corrected chi connectivity index (χ4v) is 3.27. The predicted molar refractivity (Wildman–Crippen MR) is 83.3 cm³/mol. The number of rotatable bonds is 3. The van der Waals surface area contributed by atoms with Crippen molar-refractivity contribution < 1.29 is 4.74 Å². The lowest BCUT2D eigenvalue weighted by Gasteiger charge is -2.27. The first-order valence-electron chi connectivity index (χ1n) is 7.37. The Morgan fingerprint density at radius 2 is 1.95 bits per heavy atom. The van der Waals surface area contributed by atoms with Gasteiger partial charge in [0.2, 0.25) is 0 Å². The zero-order valence-corrected chi connectivity index (χ0v) is 12.1. The summed E-state index contributed by atoms with van der Waals surface area (Å²) < 4.78 is 5.53. The summed E-state index contributed by atoms with van der Waals surface area (Å²) in [7, 11) is 1.77. The summed E-state index contributed by atoms with van der Waals surface area (Å²) in [6.07, 6.45) is 4.45. The Balaban J connectivity index is 2.00. The first-order valence-corrected chi connectivity index (χ1v) is 7.37. The Kier molecular flexibility index (Phi) is 3.77. The Morgan fingerprint density at radius 1 is 1.15 bits per heavy atom. The second kappa shape index (κ2) is 5.70. The Hall–Kier alpha value is -1.76. The molecule has 103 valence electrons. The van der Waals surface area contributed by atoms with E-state index in [1.807, 2.05) is 0 Å². The van der Waals surface area contributed by atoms with Gasteiger partial charge in [0, 0.05) is 5.92 Å². The van der Waals surface area contributed by atoms with Crippen molar-refractivity contribution in [2.75, 3.05) is 7.11 Å². The molecule has 1 atom stereocenters. The average molecular weight is 265 g/mol. The highest BCUT2D eigenvalue weighted by molar-refractivity contribution is 5.47. The van der Waals surface area contributed by atoms with E-state index in [1.165, 1.54) is 35.1 Å². The van der Waals surface area contributed by atoms with Gasteiger partial charge in [-0.15, -0.1) is 0 Å². The molecule has 0 aliphatic heterocycles. The van der Waals surface area contributed by atoms with E-state index in [0.29, 0.717) is 5.92 Å². The molecule has 0 spiro atoms. The SMILES string of the molecule is [CH2]Cc1ccc(C2CCCc3c(OC)cccc32)cc1. The minimum Gasteiger partial charge on any atom is -0.496 e. The quantitative estimate of drug-likeness (QED) is 0.791. The maximum Gasteiger partial charge on any atom is 0.122 e. The van der Waals surface area contributed by atoms with Crippen LogP contribution in [0, 0.1) is 6.92 Å². The summed E-state index contributed by atoms with van der Waals surface area (Å²) >= 11 is 0. The van der Waals surface area contributed by atoms with E-state index in [9.17, 15) is 0 Å². The Labute approximate surface area is 121 Å². The number of hydrogen-bond acceptors (Lipinski definition) is 1. The second-order valence-corrected chi connectivity index (χ2v) is 5.46. The van der Waals surface area contributed by atoms with Crippen molar-refractivity contribution in [2.45, 2.75) is 31.6 Å². The first kappa shape index (κ1) is 13.2. The molecule has 1 heteroatoms. The molecule has 1 nitrogen and oxygen atoms in total. The molecule has 20 heavy (non-hydrogen) atoms. The highest BCUT2D eigenvalue weighted by atomic mass is 16.5. The number of fused-ring (bicyclic) bond motifs is 1. The maximum atomic E-state index is 5.53. The molecule has 2 aromatic rings. The van der Waals surface area contributed by atoms with Gasteiger partial charge in [-0.05, 0) is 60.9 Å². The molecule has 0 heterocycles. The molecule has 1 aliphatic carbocycles. The zero-order chi connectivity index (χ0) is 13.9. The van der Waals surface area contributed by atoms with Crippen LogP contribution in [0.1, 0.15) is 41.0 Å². The van der Waals surface area contributed by atoms with Gasteiger partial charge < -0.3 is 4.74 Å². The fraction of sp³-hybridized carbons (Fsp3) is 0.316. The van der Waals surface area contributed by atoms with Crippen LogP contribution in [0.25, 0.3) is 0 Å². The van der Waals surface area contributed by atoms with Crippen molar-refractivity contribution in [3.8, 4) is 5.75 Å². The lowest BCUT2D eigenvalue weighted by atomic mass is 9.78. The van der Waals surface area contributed by atoms with Crippen molar-refractivity contribution in [3.05, 3.63) is 71.6 Å². The van der Waals surface area contributed by atoms with Gasteiger partial charge in [-0.1, -0.05) is 36.4 Å². The van der Waals surface area contributed by atoms with E-state index in [0.717, 1.165) is 18.6 Å². The summed E-state index contributed by atoms with van der Waals surface area (Å²) in [5.74, 6) is 1.55. The van der Waals surface area contributed by atoms with E-state index < -0.39 is 0 Å². The molecule has 1 radical (unpaired) electrons. The smallest absolute Gasteiger partial charge is 0.122 e. The van der Waals surface area contributed by atoms with Crippen LogP contribution in [0.15, 0.2) is 42.5 Å². The van der Waals surface area contributed by atoms with Gasteiger partial charge in [-0.25, -0.2) is 0 Å². The molecule has 0 N–H and O–H groups in total. The van der Waals surface area contributed by atoms with E-state index in [-0.39, 0.29) is 0 Å². The zero-order valence-electron chi connectivity index (χ0n) is 12.1. The molecule has 3 rings (SSSR count). The van der Waals surface area contributed by atoms with Crippen molar-refractivity contribution in [3.63, 3.8) is 0 Å². The average Bonchev–Trinajstić information content (AvgIpc) is 2.54. The lowest BCUT2D eigenvalue weighted by molar-refractivity contribution is 0.404. The molecular weight excluding hydrogens is 244 g/mol. The molecular formula is C19H21O. The monoisotopic (exact) mass is 265 g/mol. The molecule has 0 fully saturated rings. The van der Waals surface area contributed by atoms with E-state index >= 15 is 0 Å². The van der Waals surface area contributed by atoms with Crippen LogP contribution in [-0.2, 0) is 12.8 Å². The molecule has 0 saturated heterocycles. The summed E-state index contributed by atoms with van der Waals surface area (Å²) in [6, 6.07) is 15.4. The Bertz CT molecular complexity index is 583. The van der Waals surface area contributed by atoms with Crippen molar-refractivity contribution in [1.82, 2.24) is 0 Å². The minimum atomic E-state index is 0.507. The second-order valence-electron chi connectivity index (χ2n) is 5.46. The number of hydrogen-bond donors (Lipinski definition) is 0. The normalized spacial score (nSPS) is 17.6. The number of benzene rings is 2. The van der Waals surface area contributed by atoms with Crippen LogP contribution in [0.4, 0.5) is 0 Å². The topological polar surface area (TPSA) is 9.23 Å². The van der Waals surface area contributed by atoms with E-state index in [1.54, 1.807) is 7.11 Å². The first-order chi connectivity index (χ1) is 9.83. The molecule has 0 saturated carbocycles. The molecule has 0 aromatic heterocycles. The van der Waals surface area contributed by atoms with Gasteiger partial charge in [0.15, 0.2) is 0 Å². The third-order valence-electron chi connectivity index (χ3n) is 4.35. The summed E-state index contributed by atoms with van der Waals surface area (Å²) in [5, 5.41) is 0. The summed E-state index contributed by atoms with van der Waals surface area (Å²) in [4.78, 5) is 0. The fourth-order valence-electron chi connectivity index (χ4n) is 3.27. The summed E-state index contributed by atoms with van der Waals surface area (Å²) in [6.45, 7) is 3.94. The molecule has 1 unspecified atom stereocenters. The van der Waals surface area contributed by atoms with Gasteiger partial charge in [0.1, 0.15) is 5.75 Å². The van der Waals surface area contributed by atoms with Crippen LogP contribution in [0.3, 0.4) is 0 Å². The van der Waals surface area contributed by atoms with Crippen LogP contribution in [-0.4, -0.2) is 7.11 Å². The maximum absolute atomic E-state index is 5.53. The van der Waals surface area contributed by atoms with E-state index in [4.69, 9.17) is 4.74 Å². The molecule has 2 aromatic carbocycles. The van der Waals surface area contributed by atoms with Gasteiger partial charge in [-0.2, -0.15) is 0 Å². The van der Waals surface area contributed by atoms with Gasteiger partial charge in [0.05, 0.1) is 7.11 Å². The van der Waals surface area contributed by atoms with Gasteiger partial charge in [0.25, 0.3) is 0 Å². The van der Waals surface area contributed by atoms with E-state index in [2.05, 4.69) is 49.4 Å². The Morgan fingerprint density at radius 3 is 2.65 bits per heavy atom. The third-order valence-corrected chi connectivity index (χ3v) is 4.35. The van der Waals surface area contributed by atoms with Crippen LogP contribution >= 0.6 is 0 Å². The summed E-state index contributed by atoms with van der Waals surface area (Å²) in [5.41, 5.74) is 5.55. The van der Waals surface area contributed by atoms with Crippen LogP contribution < -0.4 is 4.74 Å². The van der Waals surface area contributed by atoms with Gasteiger partial charge in [-0.3, -0.25) is 0 Å².